The number of nitrogens with one attached hydrogen (secondary N) is 4. The number of quaternary nitrogens is 1. The summed E-state index contributed by atoms with van der Waals surface area (Å²) < 4.78 is 0. The summed E-state index contributed by atoms with van der Waals surface area (Å²) in [5, 5.41) is 2.92. The van der Waals surface area contributed by atoms with E-state index in [1.165, 1.54) is 10.6 Å². The predicted octanol–water partition coefficient (Wildman–Crippen LogP) is 0.200. The van der Waals surface area contributed by atoms with Crippen LogP contribution in [0, 0.1) is 0 Å². The van der Waals surface area contributed by atoms with Gasteiger partial charge in [-0.2, -0.15) is 0 Å². The number of carbonyl (C=O) groups is 1. The van der Waals surface area contributed by atoms with Gasteiger partial charge < -0.3 is 25.1 Å². The summed E-state index contributed by atoms with van der Waals surface area (Å²) in [7, 11) is 0. The van der Waals surface area contributed by atoms with Gasteiger partial charge in [0.05, 0.1) is 37.2 Å². The van der Waals surface area contributed by atoms with Gasteiger partial charge in [-0.05, 0) is 30.3 Å². The average Bonchev–Trinajstić information content (AvgIpc) is 3.02. The molecule has 7 heteroatoms. The molecule has 7 nitrogen and oxygen atoms in total. The van der Waals surface area contributed by atoms with Crippen molar-refractivity contribution in [3.05, 3.63) is 59.0 Å². The van der Waals surface area contributed by atoms with Gasteiger partial charge in [-0.1, -0.05) is 18.2 Å². The largest absolute Gasteiger partial charge is 0.360 e. The molecule has 2 heterocycles. The maximum atomic E-state index is 12.3. The average molecular weight is 352 g/mol. The summed E-state index contributed by atoms with van der Waals surface area (Å²) in [6.07, 6.45) is 0. The van der Waals surface area contributed by atoms with Crippen molar-refractivity contribution in [2.24, 2.45) is 0 Å². The Bertz CT molecular complexity index is 955. The third kappa shape index (κ3) is 3.62. The molecule has 0 radical (unpaired) electrons. The molecule has 3 aromatic rings. The zero-order valence-corrected chi connectivity index (χ0v) is 14.4. The van der Waals surface area contributed by atoms with Crippen LogP contribution in [0.4, 0.5) is 11.4 Å². The van der Waals surface area contributed by atoms with Gasteiger partial charge in [-0.25, -0.2) is 4.79 Å². The maximum Gasteiger partial charge on any atom is 0.323 e. The van der Waals surface area contributed by atoms with Gasteiger partial charge in [0, 0.05) is 11.4 Å². The minimum absolute atomic E-state index is 0.00889. The number of rotatable bonds is 4. The van der Waals surface area contributed by atoms with E-state index in [2.05, 4.69) is 44.5 Å². The van der Waals surface area contributed by atoms with Crippen LogP contribution in [0.5, 0.6) is 0 Å². The van der Waals surface area contributed by atoms with Crippen LogP contribution < -0.4 is 20.8 Å². The van der Waals surface area contributed by atoms with E-state index in [0.717, 1.165) is 31.7 Å². The van der Waals surface area contributed by atoms with Crippen molar-refractivity contribution in [1.82, 2.24) is 9.97 Å². The number of carbonyl (C=O) groups excluding carboxylic acids is 1. The Morgan fingerprint density at radius 2 is 1.77 bits per heavy atom. The number of hydrogen-bond donors (Lipinski definition) is 4. The van der Waals surface area contributed by atoms with Crippen molar-refractivity contribution in [1.29, 1.82) is 0 Å². The number of imidazole rings is 1. The van der Waals surface area contributed by atoms with Crippen molar-refractivity contribution >= 4 is 28.3 Å². The van der Waals surface area contributed by atoms with Gasteiger partial charge >= 0.3 is 5.69 Å². The fraction of sp³-hybridized carbons (Fsp3) is 0.263. The zero-order chi connectivity index (χ0) is 17.9. The van der Waals surface area contributed by atoms with Crippen LogP contribution in [0.25, 0.3) is 11.0 Å². The van der Waals surface area contributed by atoms with Gasteiger partial charge in [0.1, 0.15) is 0 Å². The highest BCUT2D eigenvalue weighted by atomic mass is 16.2. The Hall–Kier alpha value is -3.06. The van der Waals surface area contributed by atoms with Crippen LogP contribution >= 0.6 is 0 Å². The summed E-state index contributed by atoms with van der Waals surface area (Å²) >= 11 is 0. The summed E-state index contributed by atoms with van der Waals surface area (Å²) in [6.45, 7) is 4.22. The van der Waals surface area contributed by atoms with Crippen molar-refractivity contribution in [2.45, 2.75) is 0 Å². The fourth-order valence-electron chi connectivity index (χ4n) is 3.44. The monoisotopic (exact) mass is 352 g/mol. The van der Waals surface area contributed by atoms with Gasteiger partial charge in [0.25, 0.3) is 5.91 Å². The van der Waals surface area contributed by atoms with E-state index in [0.29, 0.717) is 17.7 Å². The third-order valence-electron chi connectivity index (χ3n) is 4.80. The highest BCUT2D eigenvalue weighted by Crippen LogP contribution is 2.14. The number of para-hydroxylation sites is 1. The topological polar surface area (TPSA) is 85.4 Å². The Morgan fingerprint density at radius 1 is 1.04 bits per heavy atom. The minimum Gasteiger partial charge on any atom is -0.360 e. The Kier molecular flexibility index (Phi) is 4.45. The number of aromatic amines is 2. The Balaban J connectivity index is 1.31. The lowest BCUT2D eigenvalue weighted by molar-refractivity contribution is -0.892. The lowest BCUT2D eigenvalue weighted by Crippen LogP contribution is -3.15. The second-order valence-corrected chi connectivity index (χ2v) is 6.64. The van der Waals surface area contributed by atoms with E-state index in [9.17, 15) is 9.59 Å². The summed E-state index contributed by atoms with van der Waals surface area (Å²) in [5.41, 5.74) is 3.11. The van der Waals surface area contributed by atoms with E-state index in [1.54, 1.807) is 18.2 Å². The van der Waals surface area contributed by atoms with Gasteiger partial charge in [0.15, 0.2) is 6.54 Å². The number of piperazine rings is 1. The molecule has 1 saturated heterocycles. The first-order chi connectivity index (χ1) is 12.7. The van der Waals surface area contributed by atoms with Crippen LogP contribution in [0.3, 0.4) is 0 Å². The van der Waals surface area contributed by atoms with Crippen molar-refractivity contribution in [3.63, 3.8) is 0 Å². The number of nitrogens with zero attached hydrogens (tertiary/aromatic N) is 1. The smallest absolute Gasteiger partial charge is 0.323 e. The van der Waals surface area contributed by atoms with Gasteiger partial charge in [-0.15, -0.1) is 0 Å². The van der Waals surface area contributed by atoms with E-state index < -0.39 is 0 Å². The number of H-pyrrole nitrogens is 2. The molecule has 4 N–H and O–H groups in total. The van der Waals surface area contributed by atoms with Crippen molar-refractivity contribution in [3.8, 4) is 0 Å². The molecule has 0 atom stereocenters. The molecule has 1 aromatic heterocycles. The second-order valence-electron chi connectivity index (χ2n) is 6.64. The molecule has 0 spiro atoms. The number of fused-ring (bicyclic) bond motifs is 1. The van der Waals surface area contributed by atoms with E-state index >= 15 is 0 Å². The highest BCUT2D eigenvalue weighted by molar-refractivity contribution is 5.93. The molecule has 1 aliphatic rings. The van der Waals surface area contributed by atoms with E-state index in [4.69, 9.17) is 0 Å². The molecule has 1 aliphatic heterocycles. The molecule has 2 aromatic carbocycles. The Labute approximate surface area is 150 Å². The lowest BCUT2D eigenvalue weighted by atomic mass is 10.2. The molecule has 134 valence electrons. The molecule has 0 saturated carbocycles. The van der Waals surface area contributed by atoms with Crippen LogP contribution in [0.2, 0.25) is 0 Å². The van der Waals surface area contributed by atoms with Crippen LogP contribution in [-0.4, -0.2) is 48.6 Å². The molecule has 0 bridgehead atoms. The summed E-state index contributed by atoms with van der Waals surface area (Å²) in [5.74, 6) is -0.00889. The number of hydrogen-bond acceptors (Lipinski definition) is 3. The van der Waals surface area contributed by atoms with E-state index in [1.807, 2.05) is 6.07 Å². The lowest BCUT2D eigenvalue weighted by Gasteiger charge is -2.33. The maximum absolute atomic E-state index is 12.3. The SMILES string of the molecule is O=C(C[NH+]1CCN(c2ccccc2)CC1)Nc1ccc2[nH]c(=O)[nH]c2c1. The van der Waals surface area contributed by atoms with Crippen molar-refractivity contribution < 1.29 is 9.69 Å². The normalized spacial score (nSPS) is 15.3. The quantitative estimate of drug-likeness (QED) is 0.541. The number of amides is 1. The summed E-state index contributed by atoms with van der Waals surface area (Å²) in [4.78, 5) is 32.7. The molecule has 4 rings (SSSR count). The molecular weight excluding hydrogens is 330 g/mol. The number of benzene rings is 2. The van der Waals surface area contributed by atoms with Gasteiger partial charge in [-0.3, -0.25) is 4.79 Å². The standard InChI is InChI=1S/C19H21N5O2/c25-18(20-14-6-7-16-17(12-14)22-19(26)21-16)13-23-8-10-24(11-9-23)15-4-2-1-3-5-15/h1-7,12H,8-11,13H2,(H,20,25)(H2,21,22,26)/p+1. The van der Waals surface area contributed by atoms with Crippen LogP contribution in [0.1, 0.15) is 0 Å². The first-order valence-corrected chi connectivity index (χ1v) is 8.83. The van der Waals surface area contributed by atoms with Gasteiger partial charge in [0.2, 0.25) is 0 Å². The molecule has 0 aliphatic carbocycles. The highest BCUT2D eigenvalue weighted by Gasteiger charge is 2.22. The first-order valence-electron chi connectivity index (χ1n) is 8.83. The molecule has 26 heavy (non-hydrogen) atoms. The zero-order valence-electron chi connectivity index (χ0n) is 14.4. The second kappa shape index (κ2) is 7.05. The molecule has 1 fully saturated rings. The minimum atomic E-state index is -0.246. The third-order valence-corrected chi connectivity index (χ3v) is 4.80. The predicted molar refractivity (Wildman–Crippen MR) is 102 cm³/mol. The molecular formula is C19H22N5O2+. The fourth-order valence-corrected chi connectivity index (χ4v) is 3.44. The molecule has 0 unspecified atom stereocenters. The van der Waals surface area contributed by atoms with E-state index in [-0.39, 0.29) is 11.6 Å². The van der Waals surface area contributed by atoms with Crippen LogP contribution in [0.15, 0.2) is 53.3 Å². The molecule has 1 amide bonds. The number of aromatic nitrogens is 2. The summed E-state index contributed by atoms with van der Waals surface area (Å²) in [6, 6.07) is 15.7. The van der Waals surface area contributed by atoms with Crippen LogP contribution in [-0.2, 0) is 4.79 Å². The first kappa shape index (κ1) is 16.4. The number of anilines is 2. The Morgan fingerprint density at radius 3 is 2.54 bits per heavy atom. The van der Waals surface area contributed by atoms with Crippen molar-refractivity contribution in [2.75, 3.05) is 42.9 Å².